The number of anilines is 2. The number of likely N-dealkylation sites (tertiary alicyclic amines) is 1. The van der Waals surface area contributed by atoms with Crippen molar-refractivity contribution < 1.29 is 14.3 Å². The molecule has 0 spiro atoms. The fourth-order valence-corrected chi connectivity index (χ4v) is 3.10. The van der Waals surface area contributed by atoms with Crippen molar-refractivity contribution in [3.05, 3.63) is 18.3 Å². The van der Waals surface area contributed by atoms with Crippen LogP contribution in [0.1, 0.15) is 20.3 Å². The van der Waals surface area contributed by atoms with E-state index in [2.05, 4.69) is 15.2 Å². The molecule has 0 aliphatic carbocycles. The zero-order chi connectivity index (χ0) is 17.1. The molecule has 1 atom stereocenters. The van der Waals surface area contributed by atoms with E-state index in [1.54, 1.807) is 17.2 Å². The Morgan fingerprint density at radius 3 is 2.67 bits per heavy atom. The Hall–Kier alpha value is -2.15. The number of nitrogens with zero attached hydrogens (tertiary/aromatic N) is 3. The van der Waals surface area contributed by atoms with Crippen LogP contribution in [0.15, 0.2) is 18.3 Å². The molecule has 7 nitrogen and oxygen atoms in total. The molecule has 3 rings (SSSR count). The number of morpholine rings is 1. The van der Waals surface area contributed by atoms with Gasteiger partial charge in [0.25, 0.3) is 0 Å². The zero-order valence-electron chi connectivity index (χ0n) is 14.2. The van der Waals surface area contributed by atoms with Gasteiger partial charge in [-0.25, -0.2) is 4.98 Å². The van der Waals surface area contributed by atoms with Gasteiger partial charge in [0.05, 0.1) is 31.0 Å². The number of hydrogen-bond donors (Lipinski definition) is 1. The highest BCUT2D eigenvalue weighted by Crippen LogP contribution is 2.22. The highest BCUT2D eigenvalue weighted by molar-refractivity contribution is 5.96. The third kappa shape index (κ3) is 3.67. The van der Waals surface area contributed by atoms with Gasteiger partial charge in [-0.1, -0.05) is 0 Å². The number of nitrogens with one attached hydrogen (secondary N) is 1. The summed E-state index contributed by atoms with van der Waals surface area (Å²) in [6, 6.07) is 3.88. The number of carbonyl (C=O) groups is 2. The first-order chi connectivity index (χ1) is 11.5. The second-order valence-corrected chi connectivity index (χ2v) is 6.53. The molecule has 2 amide bonds. The van der Waals surface area contributed by atoms with Crippen molar-refractivity contribution in [2.24, 2.45) is 5.92 Å². The van der Waals surface area contributed by atoms with Gasteiger partial charge in [0, 0.05) is 32.1 Å². The molecule has 24 heavy (non-hydrogen) atoms. The Morgan fingerprint density at radius 1 is 1.33 bits per heavy atom. The first kappa shape index (κ1) is 16.7. The molecule has 1 aromatic heterocycles. The van der Waals surface area contributed by atoms with E-state index in [-0.39, 0.29) is 30.2 Å². The normalized spacial score (nSPS) is 21.5. The molecule has 1 aromatic rings. The van der Waals surface area contributed by atoms with Crippen LogP contribution in [0.3, 0.4) is 0 Å². The Kier molecular flexibility index (Phi) is 4.99. The van der Waals surface area contributed by atoms with Crippen molar-refractivity contribution in [2.75, 3.05) is 43.1 Å². The standard InChI is InChI=1S/C17H24N4O3/c1-12(2)21-11-13(9-16(21)22)17(23)19-15-4-3-14(10-18-15)20-5-7-24-8-6-20/h3-4,10,12-13H,5-9,11H2,1-2H3,(H,18,19,23)/t13-/m0/s1. The molecule has 3 heterocycles. The summed E-state index contributed by atoms with van der Waals surface area (Å²) in [6.45, 7) is 7.55. The van der Waals surface area contributed by atoms with Crippen LogP contribution in [0.25, 0.3) is 0 Å². The molecule has 130 valence electrons. The first-order valence-corrected chi connectivity index (χ1v) is 8.43. The van der Waals surface area contributed by atoms with Crippen LogP contribution in [0.5, 0.6) is 0 Å². The lowest BCUT2D eigenvalue weighted by atomic mass is 10.1. The van der Waals surface area contributed by atoms with E-state index in [9.17, 15) is 9.59 Å². The van der Waals surface area contributed by atoms with Gasteiger partial charge in [0.2, 0.25) is 11.8 Å². The number of carbonyl (C=O) groups excluding carboxylic acids is 2. The minimum Gasteiger partial charge on any atom is -0.378 e. The smallest absolute Gasteiger partial charge is 0.230 e. The van der Waals surface area contributed by atoms with Crippen molar-refractivity contribution in [3.63, 3.8) is 0 Å². The number of rotatable bonds is 4. The maximum atomic E-state index is 12.4. The predicted molar refractivity (Wildman–Crippen MR) is 90.9 cm³/mol. The molecule has 0 radical (unpaired) electrons. The third-order valence-electron chi connectivity index (χ3n) is 4.53. The van der Waals surface area contributed by atoms with Gasteiger partial charge in [-0.2, -0.15) is 0 Å². The van der Waals surface area contributed by atoms with Gasteiger partial charge < -0.3 is 19.9 Å². The molecule has 0 bridgehead atoms. The SMILES string of the molecule is CC(C)N1C[C@@H](C(=O)Nc2ccc(N3CCOCC3)cn2)CC1=O. The Labute approximate surface area is 142 Å². The van der Waals surface area contributed by atoms with Crippen molar-refractivity contribution >= 4 is 23.3 Å². The first-order valence-electron chi connectivity index (χ1n) is 8.43. The largest absolute Gasteiger partial charge is 0.378 e. The molecular formula is C17H24N4O3. The van der Waals surface area contributed by atoms with E-state index in [4.69, 9.17) is 4.74 Å². The van der Waals surface area contributed by atoms with Gasteiger partial charge in [0.1, 0.15) is 5.82 Å². The van der Waals surface area contributed by atoms with Gasteiger partial charge in [0.15, 0.2) is 0 Å². The quantitative estimate of drug-likeness (QED) is 0.894. The number of pyridine rings is 1. The molecular weight excluding hydrogens is 308 g/mol. The molecule has 7 heteroatoms. The number of hydrogen-bond acceptors (Lipinski definition) is 5. The fraction of sp³-hybridized carbons (Fsp3) is 0.588. The zero-order valence-corrected chi connectivity index (χ0v) is 14.2. The van der Waals surface area contributed by atoms with Crippen LogP contribution < -0.4 is 10.2 Å². The van der Waals surface area contributed by atoms with Gasteiger partial charge >= 0.3 is 0 Å². The molecule has 0 saturated carbocycles. The van der Waals surface area contributed by atoms with Crippen LogP contribution in [-0.4, -0.2) is 60.6 Å². The van der Waals surface area contributed by atoms with Crippen molar-refractivity contribution in [1.82, 2.24) is 9.88 Å². The second-order valence-electron chi connectivity index (χ2n) is 6.53. The minimum atomic E-state index is -0.305. The average Bonchev–Trinajstić information content (AvgIpc) is 2.99. The highest BCUT2D eigenvalue weighted by Gasteiger charge is 2.35. The molecule has 2 aliphatic heterocycles. The Balaban J connectivity index is 1.58. The Bertz CT molecular complexity index is 596. The fourth-order valence-electron chi connectivity index (χ4n) is 3.10. The van der Waals surface area contributed by atoms with Crippen LogP contribution in [0, 0.1) is 5.92 Å². The summed E-state index contributed by atoms with van der Waals surface area (Å²) >= 11 is 0. The molecule has 2 aliphatic rings. The number of ether oxygens (including phenoxy) is 1. The number of amides is 2. The van der Waals surface area contributed by atoms with E-state index < -0.39 is 0 Å². The monoisotopic (exact) mass is 332 g/mol. The second kappa shape index (κ2) is 7.17. The molecule has 1 N–H and O–H groups in total. The lowest BCUT2D eigenvalue weighted by Crippen LogP contribution is -2.36. The lowest BCUT2D eigenvalue weighted by molar-refractivity contribution is -0.129. The summed E-state index contributed by atoms with van der Waals surface area (Å²) in [5, 5.41) is 2.82. The molecule has 2 fully saturated rings. The van der Waals surface area contributed by atoms with E-state index in [1.807, 2.05) is 19.9 Å². The van der Waals surface area contributed by atoms with Gasteiger partial charge in [-0.15, -0.1) is 0 Å². The van der Waals surface area contributed by atoms with Crippen molar-refractivity contribution in [1.29, 1.82) is 0 Å². The summed E-state index contributed by atoms with van der Waals surface area (Å²) in [5.41, 5.74) is 1.03. The molecule has 2 saturated heterocycles. The van der Waals surface area contributed by atoms with Gasteiger partial charge in [-0.05, 0) is 26.0 Å². The summed E-state index contributed by atoms with van der Waals surface area (Å²) in [6.07, 6.45) is 2.04. The van der Waals surface area contributed by atoms with Crippen LogP contribution >= 0.6 is 0 Å². The Morgan fingerprint density at radius 2 is 2.08 bits per heavy atom. The maximum absolute atomic E-state index is 12.4. The third-order valence-corrected chi connectivity index (χ3v) is 4.53. The predicted octanol–water partition coefficient (Wildman–Crippen LogP) is 1.11. The van der Waals surface area contributed by atoms with E-state index in [0.717, 1.165) is 32.0 Å². The number of aromatic nitrogens is 1. The lowest BCUT2D eigenvalue weighted by Gasteiger charge is -2.28. The highest BCUT2D eigenvalue weighted by atomic mass is 16.5. The summed E-state index contributed by atoms with van der Waals surface area (Å²) in [7, 11) is 0. The van der Waals surface area contributed by atoms with Crippen LogP contribution in [0.4, 0.5) is 11.5 Å². The van der Waals surface area contributed by atoms with Crippen LogP contribution in [-0.2, 0) is 14.3 Å². The minimum absolute atomic E-state index is 0.0424. The van der Waals surface area contributed by atoms with Crippen molar-refractivity contribution in [3.8, 4) is 0 Å². The topological polar surface area (TPSA) is 74.8 Å². The molecule has 0 unspecified atom stereocenters. The van der Waals surface area contributed by atoms with Crippen molar-refractivity contribution in [2.45, 2.75) is 26.3 Å². The summed E-state index contributed by atoms with van der Waals surface area (Å²) < 4.78 is 5.34. The van der Waals surface area contributed by atoms with E-state index in [1.165, 1.54) is 0 Å². The van der Waals surface area contributed by atoms with E-state index in [0.29, 0.717) is 12.4 Å². The summed E-state index contributed by atoms with van der Waals surface area (Å²) in [5.74, 6) is 0.118. The van der Waals surface area contributed by atoms with Gasteiger partial charge in [-0.3, -0.25) is 9.59 Å². The van der Waals surface area contributed by atoms with Crippen LogP contribution in [0.2, 0.25) is 0 Å². The summed E-state index contributed by atoms with van der Waals surface area (Å²) in [4.78, 5) is 32.6. The average molecular weight is 332 g/mol. The molecule has 0 aromatic carbocycles. The van der Waals surface area contributed by atoms with E-state index >= 15 is 0 Å². The maximum Gasteiger partial charge on any atom is 0.230 e.